The molecular weight excluding hydrogens is 232 g/mol. The fraction of sp³-hybridized carbons (Fsp3) is 0.647. The van der Waals surface area contributed by atoms with Gasteiger partial charge in [-0.1, -0.05) is 52.0 Å². The third kappa shape index (κ3) is 2.02. The highest BCUT2D eigenvalue weighted by Gasteiger charge is 2.64. The van der Waals surface area contributed by atoms with Crippen LogP contribution in [-0.4, -0.2) is 19.1 Å². The van der Waals surface area contributed by atoms with E-state index in [-0.39, 0.29) is 0 Å². The van der Waals surface area contributed by atoms with Crippen LogP contribution in [0.25, 0.3) is 0 Å². The molecule has 2 heteroatoms. The molecule has 1 aliphatic carbocycles. The second kappa shape index (κ2) is 4.32. The molecule has 1 aliphatic heterocycles. The minimum absolute atomic E-state index is 0.418. The highest BCUT2D eigenvalue weighted by molar-refractivity contribution is 5.32. The van der Waals surface area contributed by atoms with Crippen LogP contribution in [0.3, 0.4) is 0 Å². The van der Waals surface area contributed by atoms with E-state index in [1.807, 2.05) is 0 Å². The molecule has 0 aromatic heterocycles. The number of hydrogen-bond donors (Lipinski definition) is 2. The largest absolute Gasteiger partial charge is 0.311 e. The standard InChI is InChI=1S/C17H26N2/c1-16(2)15(17(16,3)4)19-11-14-13-8-6-5-7-12(13)9-10-18-14/h5-8,14-15,18-19H,9-11H2,1-4H3. The maximum absolute atomic E-state index is 3.79. The summed E-state index contributed by atoms with van der Waals surface area (Å²) in [5, 5.41) is 7.44. The summed E-state index contributed by atoms with van der Waals surface area (Å²) in [5.41, 5.74) is 3.84. The molecule has 2 aliphatic rings. The zero-order valence-electron chi connectivity index (χ0n) is 12.6. The van der Waals surface area contributed by atoms with Crippen LogP contribution >= 0.6 is 0 Å². The Labute approximate surface area is 117 Å². The molecule has 3 rings (SSSR count). The van der Waals surface area contributed by atoms with Gasteiger partial charge >= 0.3 is 0 Å². The Hall–Kier alpha value is -0.860. The third-order valence-corrected chi connectivity index (χ3v) is 5.76. The summed E-state index contributed by atoms with van der Waals surface area (Å²) in [7, 11) is 0. The zero-order chi connectivity index (χ0) is 13.7. The molecule has 2 nitrogen and oxygen atoms in total. The highest BCUT2D eigenvalue weighted by atomic mass is 15.1. The van der Waals surface area contributed by atoms with Gasteiger partial charge in [-0.3, -0.25) is 0 Å². The number of benzene rings is 1. The van der Waals surface area contributed by atoms with Crippen molar-refractivity contribution in [3.8, 4) is 0 Å². The van der Waals surface area contributed by atoms with Crippen molar-refractivity contribution in [2.24, 2.45) is 10.8 Å². The van der Waals surface area contributed by atoms with E-state index in [9.17, 15) is 0 Å². The average molecular weight is 258 g/mol. The molecule has 0 amide bonds. The topological polar surface area (TPSA) is 24.1 Å². The highest BCUT2D eigenvalue weighted by Crippen LogP contribution is 2.62. The fourth-order valence-corrected chi connectivity index (χ4v) is 3.72. The van der Waals surface area contributed by atoms with Crippen molar-refractivity contribution in [3.05, 3.63) is 35.4 Å². The average Bonchev–Trinajstić information content (AvgIpc) is 2.77. The normalized spacial score (nSPS) is 27.9. The van der Waals surface area contributed by atoms with E-state index in [2.05, 4.69) is 62.6 Å². The van der Waals surface area contributed by atoms with E-state index in [0.29, 0.717) is 22.9 Å². The second-order valence-electron chi connectivity index (χ2n) is 7.24. The van der Waals surface area contributed by atoms with Gasteiger partial charge in [0.2, 0.25) is 0 Å². The van der Waals surface area contributed by atoms with E-state index in [1.54, 1.807) is 0 Å². The lowest BCUT2D eigenvalue weighted by Gasteiger charge is -2.27. The first-order valence-electron chi connectivity index (χ1n) is 7.49. The van der Waals surface area contributed by atoms with E-state index < -0.39 is 0 Å². The van der Waals surface area contributed by atoms with E-state index in [1.165, 1.54) is 11.1 Å². The molecular formula is C17H26N2. The van der Waals surface area contributed by atoms with Gasteiger partial charge in [0, 0.05) is 18.6 Å². The van der Waals surface area contributed by atoms with Crippen LogP contribution in [0.1, 0.15) is 44.9 Å². The summed E-state index contributed by atoms with van der Waals surface area (Å²) >= 11 is 0. The minimum Gasteiger partial charge on any atom is -0.311 e. The van der Waals surface area contributed by atoms with Crippen LogP contribution in [0.2, 0.25) is 0 Å². The van der Waals surface area contributed by atoms with Crippen molar-refractivity contribution in [3.63, 3.8) is 0 Å². The number of fused-ring (bicyclic) bond motifs is 1. The molecule has 0 radical (unpaired) electrons. The lowest BCUT2D eigenvalue weighted by atomic mass is 9.94. The SMILES string of the molecule is CC1(C)C(NCC2NCCc3ccccc32)C1(C)C. The second-order valence-corrected chi connectivity index (χ2v) is 7.24. The molecule has 2 N–H and O–H groups in total. The van der Waals surface area contributed by atoms with Gasteiger partial charge < -0.3 is 10.6 Å². The summed E-state index contributed by atoms with van der Waals surface area (Å²) < 4.78 is 0. The Bertz CT molecular complexity index is 462. The van der Waals surface area contributed by atoms with Crippen LogP contribution in [0, 0.1) is 10.8 Å². The van der Waals surface area contributed by atoms with Gasteiger partial charge in [0.05, 0.1) is 0 Å². The van der Waals surface area contributed by atoms with Crippen LogP contribution in [0.4, 0.5) is 0 Å². The van der Waals surface area contributed by atoms with E-state index >= 15 is 0 Å². The smallest absolute Gasteiger partial charge is 0.0449 e. The fourth-order valence-electron chi connectivity index (χ4n) is 3.72. The van der Waals surface area contributed by atoms with Gasteiger partial charge in [-0.15, -0.1) is 0 Å². The molecule has 1 aromatic rings. The van der Waals surface area contributed by atoms with Crippen molar-refractivity contribution in [2.45, 2.75) is 46.2 Å². The number of rotatable bonds is 3. The predicted octanol–water partition coefficient (Wildman–Crippen LogP) is 2.90. The molecule has 1 atom stereocenters. The molecule has 104 valence electrons. The molecule has 0 bridgehead atoms. The van der Waals surface area contributed by atoms with E-state index in [0.717, 1.165) is 19.5 Å². The van der Waals surface area contributed by atoms with Gasteiger partial charge in [-0.25, -0.2) is 0 Å². The number of nitrogens with one attached hydrogen (secondary N) is 2. The number of hydrogen-bond acceptors (Lipinski definition) is 2. The maximum Gasteiger partial charge on any atom is 0.0449 e. The van der Waals surface area contributed by atoms with Crippen molar-refractivity contribution in [1.82, 2.24) is 10.6 Å². The summed E-state index contributed by atoms with van der Waals surface area (Å²) in [6, 6.07) is 9.96. The molecule has 0 spiro atoms. The first kappa shape index (κ1) is 13.1. The Morgan fingerprint density at radius 3 is 2.53 bits per heavy atom. The predicted molar refractivity (Wildman–Crippen MR) is 80.2 cm³/mol. The quantitative estimate of drug-likeness (QED) is 0.871. The third-order valence-electron chi connectivity index (χ3n) is 5.76. The van der Waals surface area contributed by atoms with Crippen molar-refractivity contribution in [1.29, 1.82) is 0 Å². The molecule has 1 fully saturated rings. The Morgan fingerprint density at radius 1 is 1.16 bits per heavy atom. The van der Waals surface area contributed by atoms with Gasteiger partial charge in [0.25, 0.3) is 0 Å². The molecule has 1 unspecified atom stereocenters. The lowest BCUT2D eigenvalue weighted by Crippen LogP contribution is -2.38. The molecule has 19 heavy (non-hydrogen) atoms. The van der Waals surface area contributed by atoms with Gasteiger partial charge in [0.15, 0.2) is 0 Å². The Balaban J connectivity index is 1.67. The first-order valence-corrected chi connectivity index (χ1v) is 7.49. The summed E-state index contributed by atoms with van der Waals surface area (Å²) in [6.07, 6.45) is 1.16. The van der Waals surface area contributed by atoms with Crippen LogP contribution in [0.15, 0.2) is 24.3 Å². The van der Waals surface area contributed by atoms with Crippen LogP contribution in [0.5, 0.6) is 0 Å². The van der Waals surface area contributed by atoms with Gasteiger partial charge in [-0.05, 0) is 34.9 Å². The summed E-state index contributed by atoms with van der Waals surface area (Å²) in [5.74, 6) is 0. The lowest BCUT2D eigenvalue weighted by molar-refractivity contribution is 0.445. The van der Waals surface area contributed by atoms with Crippen LogP contribution < -0.4 is 10.6 Å². The Morgan fingerprint density at radius 2 is 1.84 bits per heavy atom. The van der Waals surface area contributed by atoms with Gasteiger partial charge in [-0.2, -0.15) is 0 Å². The van der Waals surface area contributed by atoms with Crippen molar-refractivity contribution in [2.75, 3.05) is 13.1 Å². The molecule has 0 saturated heterocycles. The molecule has 1 heterocycles. The van der Waals surface area contributed by atoms with Crippen LogP contribution in [-0.2, 0) is 6.42 Å². The monoisotopic (exact) mass is 258 g/mol. The van der Waals surface area contributed by atoms with E-state index in [4.69, 9.17) is 0 Å². The Kier molecular flexibility index (Phi) is 2.99. The van der Waals surface area contributed by atoms with Gasteiger partial charge in [0.1, 0.15) is 0 Å². The zero-order valence-corrected chi connectivity index (χ0v) is 12.6. The van der Waals surface area contributed by atoms with Crippen molar-refractivity contribution >= 4 is 0 Å². The molecule has 1 saturated carbocycles. The minimum atomic E-state index is 0.418. The van der Waals surface area contributed by atoms with Crippen molar-refractivity contribution < 1.29 is 0 Å². The summed E-state index contributed by atoms with van der Waals surface area (Å²) in [6.45, 7) is 11.6. The molecule has 1 aromatic carbocycles. The first-order chi connectivity index (χ1) is 8.94. The summed E-state index contributed by atoms with van der Waals surface area (Å²) in [4.78, 5) is 0. The maximum atomic E-state index is 3.79.